The topological polar surface area (TPSA) is 20.2 Å². The Morgan fingerprint density at radius 2 is 1.75 bits per heavy atom. The fourth-order valence-corrected chi connectivity index (χ4v) is 2.50. The van der Waals surface area contributed by atoms with E-state index in [9.17, 15) is 5.11 Å². The lowest BCUT2D eigenvalue weighted by atomic mass is 10.3. The number of hydrogen-bond donors (Lipinski definition) is 1. The Morgan fingerprint density at radius 3 is 2.17 bits per heavy atom. The molecule has 1 N–H and O–H groups in total. The second-order valence-corrected chi connectivity index (χ2v) is 9.46. The first-order chi connectivity index (χ1) is 5.39. The number of phenolic OH excluding ortho intramolecular Hbond substituents is 1. The molecular formula is C9H13ClOSi. The molecule has 0 aliphatic carbocycles. The van der Waals surface area contributed by atoms with Gasteiger partial charge in [-0.3, -0.25) is 0 Å². The molecule has 0 aliphatic heterocycles. The Labute approximate surface area is 79.0 Å². The van der Waals surface area contributed by atoms with Crippen molar-refractivity contribution in [2.75, 3.05) is 0 Å². The van der Waals surface area contributed by atoms with Gasteiger partial charge in [-0.1, -0.05) is 36.4 Å². The van der Waals surface area contributed by atoms with Crippen LogP contribution in [0.3, 0.4) is 0 Å². The normalized spacial score (nSPS) is 11.7. The second kappa shape index (κ2) is 3.11. The molecule has 0 bridgehead atoms. The molecule has 0 aliphatic rings. The first kappa shape index (κ1) is 9.61. The minimum Gasteiger partial charge on any atom is -0.508 e. The van der Waals surface area contributed by atoms with Crippen molar-refractivity contribution < 1.29 is 5.11 Å². The molecule has 0 spiro atoms. The highest BCUT2D eigenvalue weighted by Crippen LogP contribution is 2.16. The van der Waals surface area contributed by atoms with E-state index in [0.717, 1.165) is 0 Å². The van der Waals surface area contributed by atoms with Gasteiger partial charge in [0.25, 0.3) is 0 Å². The molecule has 1 rings (SSSR count). The lowest BCUT2D eigenvalue weighted by Crippen LogP contribution is -2.37. The minimum atomic E-state index is -1.34. The van der Waals surface area contributed by atoms with E-state index in [4.69, 9.17) is 11.6 Å². The summed E-state index contributed by atoms with van der Waals surface area (Å²) >= 11 is 5.82. The monoisotopic (exact) mass is 200 g/mol. The van der Waals surface area contributed by atoms with Gasteiger partial charge in [0.1, 0.15) is 5.75 Å². The van der Waals surface area contributed by atoms with Crippen LogP contribution >= 0.6 is 11.6 Å². The van der Waals surface area contributed by atoms with Gasteiger partial charge in [-0.05, 0) is 18.2 Å². The standard InChI is InChI=1S/C9H13ClOSi/c1-12(2,3)9-5-7(10)4-8(11)6-9/h4-6,11H,1-3H3. The van der Waals surface area contributed by atoms with E-state index < -0.39 is 8.07 Å². The third-order valence-electron chi connectivity index (χ3n) is 1.75. The summed E-state index contributed by atoms with van der Waals surface area (Å²) in [6.07, 6.45) is 0. The van der Waals surface area contributed by atoms with Crippen LogP contribution < -0.4 is 5.19 Å². The van der Waals surface area contributed by atoms with E-state index >= 15 is 0 Å². The SMILES string of the molecule is C[Si](C)(C)c1cc(O)cc(Cl)c1. The van der Waals surface area contributed by atoms with Gasteiger partial charge in [-0.2, -0.15) is 0 Å². The molecule has 0 saturated carbocycles. The van der Waals surface area contributed by atoms with Crippen LogP contribution in [0.2, 0.25) is 24.7 Å². The largest absolute Gasteiger partial charge is 0.508 e. The third-order valence-corrected chi connectivity index (χ3v) is 3.99. The zero-order valence-electron chi connectivity index (χ0n) is 7.56. The number of hydrogen-bond acceptors (Lipinski definition) is 1. The highest BCUT2D eigenvalue weighted by Gasteiger charge is 2.17. The average Bonchev–Trinajstić information content (AvgIpc) is 1.82. The van der Waals surface area contributed by atoms with Gasteiger partial charge >= 0.3 is 0 Å². The summed E-state index contributed by atoms with van der Waals surface area (Å²) in [5.41, 5.74) is 0. The number of phenols is 1. The van der Waals surface area contributed by atoms with Gasteiger partial charge in [0.2, 0.25) is 0 Å². The van der Waals surface area contributed by atoms with Crippen LogP contribution in [0.4, 0.5) is 0 Å². The van der Waals surface area contributed by atoms with Crippen molar-refractivity contribution in [3.8, 4) is 5.75 Å². The van der Waals surface area contributed by atoms with Crippen molar-refractivity contribution >= 4 is 24.9 Å². The van der Waals surface area contributed by atoms with E-state index in [1.165, 1.54) is 5.19 Å². The maximum atomic E-state index is 9.30. The molecule has 66 valence electrons. The predicted octanol–water partition coefficient (Wildman–Crippen LogP) is 2.59. The fourth-order valence-electron chi connectivity index (χ4n) is 1.01. The van der Waals surface area contributed by atoms with E-state index in [1.54, 1.807) is 12.1 Å². The number of halogens is 1. The highest BCUT2D eigenvalue weighted by atomic mass is 35.5. The van der Waals surface area contributed by atoms with Crippen molar-refractivity contribution in [1.29, 1.82) is 0 Å². The van der Waals surface area contributed by atoms with Gasteiger partial charge in [0.15, 0.2) is 0 Å². The average molecular weight is 201 g/mol. The lowest BCUT2D eigenvalue weighted by molar-refractivity contribution is 0.476. The third kappa shape index (κ3) is 2.25. The molecule has 3 heteroatoms. The second-order valence-electron chi connectivity index (χ2n) is 3.95. The maximum absolute atomic E-state index is 9.30. The van der Waals surface area contributed by atoms with Crippen LogP contribution in [-0.4, -0.2) is 13.2 Å². The summed E-state index contributed by atoms with van der Waals surface area (Å²) < 4.78 is 0. The summed E-state index contributed by atoms with van der Waals surface area (Å²) in [6, 6.07) is 5.30. The van der Waals surface area contributed by atoms with Crippen molar-refractivity contribution in [3.63, 3.8) is 0 Å². The molecule has 0 radical (unpaired) electrons. The van der Waals surface area contributed by atoms with Crippen LogP contribution in [0.25, 0.3) is 0 Å². The fraction of sp³-hybridized carbons (Fsp3) is 0.333. The smallest absolute Gasteiger partial charge is 0.116 e. The summed E-state index contributed by atoms with van der Waals surface area (Å²) in [6.45, 7) is 6.66. The Balaban J connectivity index is 3.18. The van der Waals surface area contributed by atoms with Gasteiger partial charge in [-0.15, -0.1) is 0 Å². The van der Waals surface area contributed by atoms with E-state index in [1.807, 2.05) is 6.07 Å². The molecular weight excluding hydrogens is 188 g/mol. The summed E-state index contributed by atoms with van der Waals surface area (Å²) in [5.74, 6) is 0.264. The van der Waals surface area contributed by atoms with Crippen LogP contribution in [0.15, 0.2) is 18.2 Å². The van der Waals surface area contributed by atoms with Crippen LogP contribution in [-0.2, 0) is 0 Å². The van der Waals surface area contributed by atoms with Crippen LogP contribution in [0.1, 0.15) is 0 Å². The van der Waals surface area contributed by atoms with Gasteiger partial charge in [0, 0.05) is 5.02 Å². The minimum absolute atomic E-state index is 0.264. The highest BCUT2D eigenvalue weighted by molar-refractivity contribution is 6.88. The van der Waals surface area contributed by atoms with Gasteiger partial charge in [-0.25, -0.2) is 0 Å². The van der Waals surface area contributed by atoms with E-state index in [0.29, 0.717) is 5.02 Å². The Kier molecular flexibility index (Phi) is 2.49. The van der Waals surface area contributed by atoms with Crippen LogP contribution in [0.5, 0.6) is 5.75 Å². The Bertz CT molecular complexity index is 271. The zero-order valence-corrected chi connectivity index (χ0v) is 9.31. The first-order valence-corrected chi connectivity index (χ1v) is 7.77. The lowest BCUT2D eigenvalue weighted by Gasteiger charge is -2.16. The molecule has 0 aromatic heterocycles. The van der Waals surface area contributed by atoms with Gasteiger partial charge < -0.3 is 5.11 Å². The van der Waals surface area contributed by atoms with Crippen molar-refractivity contribution in [2.45, 2.75) is 19.6 Å². The summed E-state index contributed by atoms with van der Waals surface area (Å²) in [5, 5.41) is 11.1. The predicted molar refractivity (Wildman–Crippen MR) is 56.1 cm³/mol. The van der Waals surface area contributed by atoms with Crippen molar-refractivity contribution in [1.82, 2.24) is 0 Å². The number of benzene rings is 1. The van der Waals surface area contributed by atoms with Crippen molar-refractivity contribution in [3.05, 3.63) is 23.2 Å². The maximum Gasteiger partial charge on any atom is 0.116 e. The van der Waals surface area contributed by atoms with E-state index in [2.05, 4.69) is 19.6 Å². The molecule has 0 fully saturated rings. The van der Waals surface area contributed by atoms with E-state index in [-0.39, 0.29) is 5.75 Å². The first-order valence-electron chi connectivity index (χ1n) is 3.89. The summed E-state index contributed by atoms with van der Waals surface area (Å²) in [4.78, 5) is 0. The molecule has 0 unspecified atom stereocenters. The Hall–Kier alpha value is -0.473. The van der Waals surface area contributed by atoms with Gasteiger partial charge in [0.05, 0.1) is 8.07 Å². The molecule has 0 heterocycles. The molecule has 0 atom stereocenters. The number of rotatable bonds is 1. The molecule has 1 aromatic carbocycles. The molecule has 1 aromatic rings. The molecule has 0 saturated heterocycles. The number of aromatic hydroxyl groups is 1. The molecule has 1 nitrogen and oxygen atoms in total. The Morgan fingerprint density at radius 1 is 1.17 bits per heavy atom. The zero-order chi connectivity index (χ0) is 9.35. The molecule has 0 amide bonds. The van der Waals surface area contributed by atoms with Crippen LogP contribution in [0, 0.1) is 0 Å². The quantitative estimate of drug-likeness (QED) is 0.692. The summed E-state index contributed by atoms with van der Waals surface area (Å²) in [7, 11) is -1.34. The molecule has 12 heavy (non-hydrogen) atoms. The van der Waals surface area contributed by atoms with Crippen molar-refractivity contribution in [2.24, 2.45) is 0 Å².